The monoisotopic (exact) mass is 315 g/mol. The van der Waals surface area contributed by atoms with Gasteiger partial charge in [-0.15, -0.1) is 0 Å². The molecule has 2 N–H and O–H groups in total. The lowest BCUT2D eigenvalue weighted by molar-refractivity contribution is 0.242. The SMILES string of the molecule is OCC(NCc1ccc(Cl)cc1)c1cc(F)c(F)c(F)c1. The largest absolute Gasteiger partial charge is 0.394 e. The number of aliphatic hydroxyl groups excluding tert-OH is 1. The molecule has 0 aliphatic carbocycles. The lowest BCUT2D eigenvalue weighted by atomic mass is 10.1. The third-order valence-corrected chi connectivity index (χ3v) is 3.31. The molecule has 1 unspecified atom stereocenters. The Morgan fingerprint density at radius 3 is 2.14 bits per heavy atom. The van der Waals surface area contributed by atoms with Crippen LogP contribution in [0.25, 0.3) is 0 Å². The van der Waals surface area contributed by atoms with Crippen molar-refractivity contribution in [3.63, 3.8) is 0 Å². The number of halogens is 4. The van der Waals surface area contributed by atoms with Gasteiger partial charge >= 0.3 is 0 Å². The standard InChI is InChI=1S/C15H13ClF3NO/c16-11-3-1-9(2-4-11)7-20-14(8-21)10-5-12(17)15(19)13(18)6-10/h1-6,14,20-21H,7-8H2. The fraction of sp³-hybridized carbons (Fsp3) is 0.200. The minimum Gasteiger partial charge on any atom is -0.394 e. The van der Waals surface area contributed by atoms with E-state index in [4.69, 9.17) is 11.6 Å². The van der Waals surface area contributed by atoms with Crippen molar-refractivity contribution in [1.82, 2.24) is 5.32 Å². The molecular weight excluding hydrogens is 303 g/mol. The molecule has 2 aromatic rings. The van der Waals surface area contributed by atoms with Crippen molar-refractivity contribution in [2.24, 2.45) is 0 Å². The lowest BCUT2D eigenvalue weighted by Gasteiger charge is -2.17. The highest BCUT2D eigenvalue weighted by Gasteiger charge is 2.16. The van der Waals surface area contributed by atoms with Gasteiger partial charge < -0.3 is 10.4 Å². The van der Waals surface area contributed by atoms with E-state index in [9.17, 15) is 18.3 Å². The van der Waals surface area contributed by atoms with Gasteiger partial charge in [-0.05, 0) is 35.4 Å². The number of rotatable bonds is 5. The maximum atomic E-state index is 13.2. The van der Waals surface area contributed by atoms with Crippen molar-refractivity contribution in [1.29, 1.82) is 0 Å². The number of benzene rings is 2. The molecule has 21 heavy (non-hydrogen) atoms. The van der Waals surface area contributed by atoms with Gasteiger partial charge in [0.15, 0.2) is 17.5 Å². The molecule has 1 atom stereocenters. The van der Waals surface area contributed by atoms with E-state index in [1.807, 2.05) is 0 Å². The predicted molar refractivity (Wildman–Crippen MR) is 74.4 cm³/mol. The van der Waals surface area contributed by atoms with Crippen molar-refractivity contribution < 1.29 is 18.3 Å². The van der Waals surface area contributed by atoms with Crippen LogP contribution in [0.5, 0.6) is 0 Å². The third kappa shape index (κ3) is 3.97. The molecule has 2 aromatic carbocycles. The summed E-state index contributed by atoms with van der Waals surface area (Å²) in [5.74, 6) is -4.08. The van der Waals surface area contributed by atoms with Crippen LogP contribution in [-0.2, 0) is 6.54 Å². The maximum absolute atomic E-state index is 13.2. The average Bonchev–Trinajstić information content (AvgIpc) is 2.47. The first-order chi connectivity index (χ1) is 10.0. The van der Waals surface area contributed by atoms with Gasteiger partial charge in [0.2, 0.25) is 0 Å². The molecule has 6 heteroatoms. The number of aliphatic hydroxyl groups is 1. The second kappa shape index (κ2) is 6.93. The van der Waals surface area contributed by atoms with Crippen molar-refractivity contribution in [2.45, 2.75) is 12.6 Å². The normalized spacial score (nSPS) is 12.4. The molecule has 0 spiro atoms. The van der Waals surface area contributed by atoms with Gasteiger partial charge in [-0.3, -0.25) is 0 Å². The van der Waals surface area contributed by atoms with Crippen molar-refractivity contribution in [2.75, 3.05) is 6.61 Å². The van der Waals surface area contributed by atoms with Crippen LogP contribution < -0.4 is 5.32 Å². The van der Waals surface area contributed by atoms with E-state index in [-0.39, 0.29) is 12.2 Å². The Kier molecular flexibility index (Phi) is 5.22. The summed E-state index contributed by atoms with van der Waals surface area (Å²) in [6, 6.07) is 8.03. The van der Waals surface area contributed by atoms with E-state index in [0.717, 1.165) is 17.7 Å². The van der Waals surface area contributed by atoms with Crippen molar-refractivity contribution in [3.8, 4) is 0 Å². The van der Waals surface area contributed by atoms with Crippen LogP contribution in [0, 0.1) is 17.5 Å². The molecule has 0 radical (unpaired) electrons. The van der Waals surface area contributed by atoms with Crippen LogP contribution in [-0.4, -0.2) is 11.7 Å². The second-order valence-corrected chi connectivity index (χ2v) is 4.98. The maximum Gasteiger partial charge on any atom is 0.194 e. The molecule has 2 rings (SSSR count). The first-order valence-electron chi connectivity index (χ1n) is 6.24. The van der Waals surface area contributed by atoms with Crippen LogP contribution in [0.4, 0.5) is 13.2 Å². The van der Waals surface area contributed by atoms with E-state index in [0.29, 0.717) is 11.6 Å². The second-order valence-electron chi connectivity index (χ2n) is 4.54. The van der Waals surface area contributed by atoms with Crippen molar-refractivity contribution >= 4 is 11.6 Å². The minimum absolute atomic E-state index is 0.142. The zero-order valence-corrected chi connectivity index (χ0v) is 11.7. The predicted octanol–water partition coefficient (Wildman–Crippen LogP) is 3.58. The van der Waals surface area contributed by atoms with Gasteiger partial charge in [-0.2, -0.15) is 0 Å². The summed E-state index contributed by atoms with van der Waals surface area (Å²) in [5.41, 5.74) is 1.03. The summed E-state index contributed by atoms with van der Waals surface area (Å²) in [6.45, 7) is -0.0128. The van der Waals surface area contributed by atoms with Gasteiger partial charge in [0.1, 0.15) is 0 Å². The average molecular weight is 316 g/mol. The van der Waals surface area contributed by atoms with E-state index < -0.39 is 23.5 Å². The zero-order valence-electron chi connectivity index (χ0n) is 10.9. The lowest BCUT2D eigenvalue weighted by Crippen LogP contribution is -2.24. The van der Waals surface area contributed by atoms with Gasteiger partial charge in [-0.25, -0.2) is 13.2 Å². The quantitative estimate of drug-likeness (QED) is 0.827. The minimum atomic E-state index is -1.52. The fourth-order valence-corrected chi connectivity index (χ4v) is 2.03. The van der Waals surface area contributed by atoms with Gasteiger partial charge in [0.25, 0.3) is 0 Å². The Balaban J connectivity index is 2.11. The Hall–Kier alpha value is -1.56. The summed E-state index contributed by atoms with van der Waals surface area (Å²) in [5, 5.41) is 12.9. The highest BCUT2D eigenvalue weighted by Crippen LogP contribution is 2.20. The van der Waals surface area contributed by atoms with Crippen LogP contribution in [0.15, 0.2) is 36.4 Å². The molecule has 0 fully saturated rings. The van der Waals surface area contributed by atoms with Crippen molar-refractivity contribution in [3.05, 3.63) is 70.0 Å². The van der Waals surface area contributed by atoms with Crippen LogP contribution in [0.1, 0.15) is 17.2 Å². The number of nitrogens with one attached hydrogen (secondary N) is 1. The Bertz CT molecular complexity index is 596. The Morgan fingerprint density at radius 2 is 1.62 bits per heavy atom. The molecule has 0 saturated heterocycles. The Labute approximate surface area is 125 Å². The zero-order chi connectivity index (χ0) is 15.4. The molecule has 0 heterocycles. The van der Waals surface area contributed by atoms with Gasteiger partial charge in [0, 0.05) is 11.6 Å². The molecule has 0 amide bonds. The summed E-state index contributed by atoms with van der Waals surface area (Å²) in [4.78, 5) is 0. The fourth-order valence-electron chi connectivity index (χ4n) is 1.91. The number of hydrogen-bond acceptors (Lipinski definition) is 2. The molecular formula is C15H13ClF3NO. The molecule has 0 saturated carbocycles. The van der Waals surface area contributed by atoms with Crippen LogP contribution in [0.2, 0.25) is 5.02 Å². The van der Waals surface area contributed by atoms with Gasteiger partial charge in [-0.1, -0.05) is 23.7 Å². The summed E-state index contributed by atoms with van der Waals surface area (Å²) < 4.78 is 39.3. The van der Waals surface area contributed by atoms with E-state index in [1.54, 1.807) is 24.3 Å². The van der Waals surface area contributed by atoms with E-state index in [1.165, 1.54) is 0 Å². The molecule has 0 aliphatic rings. The summed E-state index contributed by atoms with van der Waals surface area (Å²) in [6.07, 6.45) is 0. The third-order valence-electron chi connectivity index (χ3n) is 3.06. The van der Waals surface area contributed by atoms with E-state index in [2.05, 4.69) is 5.32 Å². The molecule has 0 bridgehead atoms. The van der Waals surface area contributed by atoms with Crippen LogP contribution in [0.3, 0.4) is 0 Å². The first-order valence-corrected chi connectivity index (χ1v) is 6.62. The topological polar surface area (TPSA) is 32.3 Å². The molecule has 0 aliphatic heterocycles. The molecule has 112 valence electrons. The van der Waals surface area contributed by atoms with E-state index >= 15 is 0 Å². The van der Waals surface area contributed by atoms with Crippen LogP contribution >= 0.6 is 11.6 Å². The highest BCUT2D eigenvalue weighted by atomic mass is 35.5. The summed E-state index contributed by atoms with van der Waals surface area (Å²) in [7, 11) is 0. The first kappa shape index (κ1) is 15.8. The smallest absolute Gasteiger partial charge is 0.194 e. The molecule has 0 aromatic heterocycles. The Morgan fingerprint density at radius 1 is 1.05 bits per heavy atom. The molecule has 2 nitrogen and oxygen atoms in total. The van der Waals surface area contributed by atoms with Gasteiger partial charge in [0.05, 0.1) is 12.6 Å². The highest BCUT2D eigenvalue weighted by molar-refractivity contribution is 6.30. The number of hydrogen-bond donors (Lipinski definition) is 2. The summed E-state index contributed by atoms with van der Waals surface area (Å²) >= 11 is 5.77.